The van der Waals surface area contributed by atoms with Gasteiger partial charge in [0.1, 0.15) is 0 Å². The number of nitrogens with zero attached hydrogens (tertiary/aromatic N) is 1. The van der Waals surface area contributed by atoms with Gasteiger partial charge in [-0.1, -0.05) is 23.8 Å². The van der Waals surface area contributed by atoms with Crippen molar-refractivity contribution in [1.82, 2.24) is 4.90 Å². The van der Waals surface area contributed by atoms with Crippen molar-refractivity contribution >= 4 is 5.84 Å². The quantitative estimate of drug-likeness (QED) is 0.474. The van der Waals surface area contributed by atoms with Crippen LogP contribution in [0.25, 0.3) is 0 Å². The highest BCUT2D eigenvalue weighted by Gasteiger charge is 2.18. The third-order valence-electron chi connectivity index (χ3n) is 2.56. The minimum absolute atomic E-state index is 0.661. The van der Waals surface area contributed by atoms with Crippen LogP contribution in [0, 0.1) is 12.3 Å². The van der Waals surface area contributed by atoms with E-state index in [1.165, 1.54) is 16.7 Å². The normalized spacial score (nSPS) is 14.5. The van der Waals surface area contributed by atoms with Gasteiger partial charge >= 0.3 is 0 Å². The zero-order chi connectivity index (χ0) is 9.42. The monoisotopic (exact) mass is 174 g/mol. The lowest BCUT2D eigenvalue weighted by atomic mass is 10.1. The molecule has 2 rings (SSSR count). The van der Waals surface area contributed by atoms with Gasteiger partial charge in [-0.05, 0) is 25.0 Å². The number of hydrogen-bond donors (Lipinski definition) is 1. The molecule has 0 spiro atoms. The van der Waals surface area contributed by atoms with Crippen LogP contribution < -0.4 is 0 Å². The minimum atomic E-state index is 0.661. The first kappa shape index (κ1) is 8.30. The minimum Gasteiger partial charge on any atom is -0.352 e. The van der Waals surface area contributed by atoms with Crippen LogP contribution in [0.2, 0.25) is 0 Å². The van der Waals surface area contributed by atoms with Crippen LogP contribution in [0.1, 0.15) is 23.6 Å². The Labute approximate surface area is 78.7 Å². The van der Waals surface area contributed by atoms with Gasteiger partial charge < -0.3 is 4.90 Å². The van der Waals surface area contributed by atoms with E-state index >= 15 is 0 Å². The molecular weight excluding hydrogens is 160 g/mol. The van der Waals surface area contributed by atoms with Crippen molar-refractivity contribution in [1.29, 1.82) is 5.41 Å². The van der Waals surface area contributed by atoms with Crippen LogP contribution in [0.4, 0.5) is 0 Å². The van der Waals surface area contributed by atoms with Crippen LogP contribution in [0.5, 0.6) is 0 Å². The number of nitrogens with one attached hydrogen (secondary N) is 1. The Hall–Kier alpha value is -1.31. The summed E-state index contributed by atoms with van der Waals surface area (Å²) in [6, 6.07) is 6.54. The topological polar surface area (TPSA) is 27.1 Å². The lowest BCUT2D eigenvalue weighted by Gasteiger charge is -2.14. The summed E-state index contributed by atoms with van der Waals surface area (Å²) in [5, 5.41) is 7.55. The van der Waals surface area contributed by atoms with E-state index in [9.17, 15) is 0 Å². The van der Waals surface area contributed by atoms with Crippen molar-refractivity contribution in [2.24, 2.45) is 0 Å². The summed E-state index contributed by atoms with van der Waals surface area (Å²) < 4.78 is 0. The molecule has 1 aromatic carbocycles. The van der Waals surface area contributed by atoms with Crippen molar-refractivity contribution in [3.05, 3.63) is 34.9 Å². The molecule has 0 saturated heterocycles. The van der Waals surface area contributed by atoms with Crippen LogP contribution >= 0.6 is 0 Å². The molecule has 68 valence electrons. The number of fused-ring (bicyclic) bond motifs is 1. The van der Waals surface area contributed by atoms with E-state index in [2.05, 4.69) is 30.0 Å². The molecule has 0 bridgehead atoms. The fourth-order valence-corrected chi connectivity index (χ4v) is 1.76. The summed E-state index contributed by atoms with van der Waals surface area (Å²) in [7, 11) is 0. The molecular formula is C11H14N2. The van der Waals surface area contributed by atoms with Gasteiger partial charge in [0.25, 0.3) is 0 Å². The van der Waals surface area contributed by atoms with Gasteiger partial charge in [-0.2, -0.15) is 0 Å². The summed E-state index contributed by atoms with van der Waals surface area (Å²) in [6.07, 6.45) is 0. The molecule has 1 aliphatic rings. The van der Waals surface area contributed by atoms with Crippen molar-refractivity contribution in [3.8, 4) is 0 Å². The molecule has 0 radical (unpaired) electrons. The van der Waals surface area contributed by atoms with E-state index in [1.807, 2.05) is 6.92 Å². The Bertz CT molecular complexity index is 355. The van der Waals surface area contributed by atoms with Crippen LogP contribution in [0.15, 0.2) is 18.2 Å². The molecule has 2 nitrogen and oxygen atoms in total. The fourth-order valence-electron chi connectivity index (χ4n) is 1.76. The first-order valence-electron chi connectivity index (χ1n) is 4.55. The van der Waals surface area contributed by atoms with Gasteiger partial charge in [-0.3, -0.25) is 5.41 Å². The van der Waals surface area contributed by atoms with Gasteiger partial charge in [0.2, 0.25) is 0 Å². The van der Waals surface area contributed by atoms with Crippen LogP contribution in [-0.2, 0) is 13.1 Å². The maximum Gasteiger partial charge on any atom is 0.0931 e. The third-order valence-corrected chi connectivity index (χ3v) is 2.56. The number of rotatable bonds is 0. The SMILES string of the molecule is CC(=N)N1Cc2ccc(C)cc2C1. The molecule has 1 N–H and O–H groups in total. The average molecular weight is 174 g/mol. The molecule has 0 fully saturated rings. The molecule has 0 unspecified atom stereocenters. The maximum absolute atomic E-state index is 7.55. The molecule has 0 amide bonds. The third kappa shape index (κ3) is 1.44. The van der Waals surface area contributed by atoms with Crippen LogP contribution in [-0.4, -0.2) is 10.7 Å². The van der Waals surface area contributed by atoms with E-state index < -0.39 is 0 Å². The molecule has 0 aliphatic carbocycles. The van der Waals surface area contributed by atoms with Gasteiger partial charge in [0.15, 0.2) is 0 Å². The first-order valence-corrected chi connectivity index (χ1v) is 4.55. The number of amidine groups is 1. The second-order valence-corrected chi connectivity index (χ2v) is 3.71. The lowest BCUT2D eigenvalue weighted by molar-refractivity contribution is 0.441. The highest BCUT2D eigenvalue weighted by atomic mass is 15.2. The lowest BCUT2D eigenvalue weighted by Crippen LogP contribution is -2.21. The molecule has 1 heterocycles. The molecule has 0 aromatic heterocycles. The van der Waals surface area contributed by atoms with Gasteiger partial charge in [-0.15, -0.1) is 0 Å². The Morgan fingerprint density at radius 2 is 2.00 bits per heavy atom. The highest BCUT2D eigenvalue weighted by Crippen LogP contribution is 2.23. The second-order valence-electron chi connectivity index (χ2n) is 3.71. The molecule has 2 heteroatoms. The summed E-state index contributed by atoms with van der Waals surface area (Å²) >= 11 is 0. The Balaban J connectivity index is 2.30. The van der Waals surface area contributed by atoms with Crippen molar-refractivity contribution < 1.29 is 0 Å². The van der Waals surface area contributed by atoms with Crippen molar-refractivity contribution in [2.75, 3.05) is 0 Å². The average Bonchev–Trinajstić information content (AvgIpc) is 2.46. The zero-order valence-electron chi connectivity index (χ0n) is 8.09. The molecule has 13 heavy (non-hydrogen) atoms. The largest absolute Gasteiger partial charge is 0.352 e. The first-order chi connectivity index (χ1) is 6.16. The summed E-state index contributed by atoms with van der Waals surface area (Å²) in [6.45, 7) is 5.77. The summed E-state index contributed by atoms with van der Waals surface area (Å²) in [5.41, 5.74) is 4.06. The summed E-state index contributed by atoms with van der Waals surface area (Å²) in [5.74, 6) is 0.661. The second kappa shape index (κ2) is 2.87. The van der Waals surface area contributed by atoms with E-state index in [-0.39, 0.29) is 0 Å². The fraction of sp³-hybridized carbons (Fsp3) is 0.364. The summed E-state index contributed by atoms with van der Waals surface area (Å²) in [4.78, 5) is 2.09. The predicted octanol–water partition coefficient (Wildman–Crippen LogP) is 2.31. The van der Waals surface area contributed by atoms with Gasteiger partial charge in [0.05, 0.1) is 5.84 Å². The van der Waals surface area contributed by atoms with E-state index in [0.717, 1.165) is 13.1 Å². The number of hydrogen-bond acceptors (Lipinski definition) is 1. The predicted molar refractivity (Wildman–Crippen MR) is 53.8 cm³/mol. The Morgan fingerprint density at radius 3 is 2.69 bits per heavy atom. The Kier molecular flexibility index (Phi) is 1.83. The van der Waals surface area contributed by atoms with Gasteiger partial charge in [-0.25, -0.2) is 0 Å². The van der Waals surface area contributed by atoms with E-state index in [0.29, 0.717) is 5.84 Å². The standard InChI is InChI=1S/C11H14N2/c1-8-3-4-10-6-13(9(2)12)7-11(10)5-8/h3-5,12H,6-7H2,1-2H3. The van der Waals surface area contributed by atoms with Gasteiger partial charge in [0, 0.05) is 13.1 Å². The number of benzene rings is 1. The van der Waals surface area contributed by atoms with Crippen molar-refractivity contribution in [2.45, 2.75) is 26.9 Å². The zero-order valence-corrected chi connectivity index (χ0v) is 8.09. The highest BCUT2D eigenvalue weighted by molar-refractivity contribution is 5.77. The van der Waals surface area contributed by atoms with Crippen LogP contribution in [0.3, 0.4) is 0 Å². The molecule has 0 saturated carbocycles. The smallest absolute Gasteiger partial charge is 0.0931 e. The van der Waals surface area contributed by atoms with E-state index in [1.54, 1.807) is 0 Å². The van der Waals surface area contributed by atoms with Crippen molar-refractivity contribution in [3.63, 3.8) is 0 Å². The maximum atomic E-state index is 7.55. The molecule has 1 aromatic rings. The Morgan fingerprint density at radius 1 is 1.31 bits per heavy atom. The molecule has 1 aliphatic heterocycles. The van der Waals surface area contributed by atoms with E-state index in [4.69, 9.17) is 5.41 Å². The number of aryl methyl sites for hydroxylation is 1. The molecule has 0 atom stereocenters.